The van der Waals surface area contributed by atoms with Crippen LogP contribution in [0.25, 0.3) is 11.3 Å². The first kappa shape index (κ1) is 24.4. The number of nitrogens with one attached hydrogen (secondary N) is 1. The maximum absolute atomic E-state index is 12.2. The summed E-state index contributed by atoms with van der Waals surface area (Å²) < 4.78 is 5.73. The summed E-state index contributed by atoms with van der Waals surface area (Å²) in [5, 5.41) is 3.05. The molecule has 0 saturated carbocycles. The Kier molecular flexibility index (Phi) is 10.5. The number of hydrogen-bond donors (Lipinski definition) is 2. The highest BCUT2D eigenvalue weighted by Crippen LogP contribution is 2.20. The molecule has 0 fully saturated rings. The minimum atomic E-state index is -0.364. The summed E-state index contributed by atoms with van der Waals surface area (Å²) in [4.78, 5) is 16.5. The summed E-state index contributed by atoms with van der Waals surface area (Å²) in [5.74, 6) is 1.74. The van der Waals surface area contributed by atoms with E-state index in [9.17, 15) is 4.79 Å². The summed E-state index contributed by atoms with van der Waals surface area (Å²) in [5.41, 5.74) is 6.45. The molecule has 0 spiro atoms. The lowest BCUT2D eigenvalue weighted by molar-refractivity contribution is -0.123. The van der Waals surface area contributed by atoms with Gasteiger partial charge in [-0.25, -0.2) is 4.98 Å². The smallest absolute Gasteiger partial charge is 0.220 e. The largest absolute Gasteiger partial charge is 0.441 e. The van der Waals surface area contributed by atoms with Crippen LogP contribution in [-0.4, -0.2) is 23.0 Å². The van der Waals surface area contributed by atoms with Gasteiger partial charge in [-0.15, -0.1) is 24.8 Å². The highest BCUT2D eigenvalue weighted by molar-refractivity contribution is 5.85. The first-order valence-corrected chi connectivity index (χ1v) is 8.43. The molecule has 0 radical (unpaired) electrons. The number of halogens is 2. The minimum Gasteiger partial charge on any atom is -0.441 e. The van der Waals surface area contributed by atoms with Gasteiger partial charge >= 0.3 is 0 Å². The first-order chi connectivity index (χ1) is 11.4. The third-order valence-electron chi connectivity index (χ3n) is 3.93. The van der Waals surface area contributed by atoms with Gasteiger partial charge in [0.05, 0.1) is 6.20 Å². The molecule has 26 heavy (non-hydrogen) atoms. The number of benzene rings is 1. The van der Waals surface area contributed by atoms with Gasteiger partial charge in [-0.05, 0) is 19.3 Å². The summed E-state index contributed by atoms with van der Waals surface area (Å²) >= 11 is 0. The predicted molar refractivity (Wildman–Crippen MR) is 110 cm³/mol. The van der Waals surface area contributed by atoms with Crippen molar-refractivity contribution in [3.8, 4) is 11.3 Å². The summed E-state index contributed by atoms with van der Waals surface area (Å²) in [7, 11) is 0. The maximum atomic E-state index is 12.2. The number of aromatic nitrogens is 1. The van der Waals surface area contributed by atoms with Crippen molar-refractivity contribution in [3.63, 3.8) is 0 Å². The van der Waals surface area contributed by atoms with E-state index in [4.69, 9.17) is 10.2 Å². The second-order valence-electron chi connectivity index (χ2n) is 6.90. The van der Waals surface area contributed by atoms with E-state index in [2.05, 4.69) is 24.1 Å². The van der Waals surface area contributed by atoms with Crippen molar-refractivity contribution in [1.29, 1.82) is 0 Å². The fourth-order valence-corrected chi connectivity index (χ4v) is 2.87. The molecular formula is C19H29Cl2N3O2. The van der Waals surface area contributed by atoms with Crippen molar-refractivity contribution >= 4 is 30.7 Å². The number of carbonyl (C=O) groups is 1. The Balaban J connectivity index is 0.00000312. The molecule has 1 atom stereocenters. The topological polar surface area (TPSA) is 81.1 Å². The van der Waals surface area contributed by atoms with Gasteiger partial charge in [0.15, 0.2) is 11.7 Å². The number of amides is 1. The van der Waals surface area contributed by atoms with Crippen LogP contribution in [0.3, 0.4) is 0 Å². The summed E-state index contributed by atoms with van der Waals surface area (Å²) in [6.45, 7) is 6.66. The minimum absolute atomic E-state index is 0. The molecule has 1 heterocycles. The normalized spacial score (nSPS) is 12.7. The second-order valence-corrected chi connectivity index (χ2v) is 6.90. The molecule has 0 saturated heterocycles. The highest BCUT2D eigenvalue weighted by Gasteiger charge is 2.25. The SMILES string of the molecule is CC(C)CC(C)(CN)NC(=O)CCc1ncc(-c2ccccc2)o1.Cl.Cl. The van der Waals surface area contributed by atoms with E-state index in [0.717, 1.165) is 17.7 Å². The molecule has 3 N–H and O–H groups in total. The molecule has 5 nitrogen and oxygen atoms in total. The molecule has 1 aromatic heterocycles. The van der Waals surface area contributed by atoms with Crippen LogP contribution in [-0.2, 0) is 11.2 Å². The number of rotatable bonds is 8. The molecule has 146 valence electrons. The number of hydrogen-bond acceptors (Lipinski definition) is 4. The number of nitrogens with two attached hydrogens (primary N) is 1. The van der Waals surface area contributed by atoms with E-state index in [1.54, 1.807) is 6.20 Å². The Hall–Kier alpha value is -1.56. The van der Waals surface area contributed by atoms with Crippen molar-refractivity contribution in [1.82, 2.24) is 10.3 Å². The molecular weight excluding hydrogens is 373 g/mol. The molecule has 0 bridgehead atoms. The lowest BCUT2D eigenvalue weighted by atomic mass is 9.90. The van der Waals surface area contributed by atoms with Crippen molar-refractivity contribution in [3.05, 3.63) is 42.4 Å². The molecule has 0 aliphatic rings. The Labute approximate surface area is 168 Å². The lowest BCUT2D eigenvalue weighted by Crippen LogP contribution is -2.52. The standard InChI is InChI=1S/C19H27N3O2.2ClH/c1-14(2)11-19(3,13-20)22-17(23)9-10-18-21-12-16(24-18)15-7-5-4-6-8-15;;/h4-8,12,14H,9-11,13,20H2,1-3H3,(H,22,23);2*1H. The zero-order valence-electron chi connectivity index (χ0n) is 15.5. The Morgan fingerprint density at radius 2 is 1.92 bits per heavy atom. The lowest BCUT2D eigenvalue weighted by Gasteiger charge is -2.31. The van der Waals surface area contributed by atoms with Crippen LogP contribution in [0.5, 0.6) is 0 Å². The fraction of sp³-hybridized carbons (Fsp3) is 0.474. The van der Waals surface area contributed by atoms with Gasteiger partial charge in [0, 0.05) is 30.5 Å². The van der Waals surface area contributed by atoms with E-state index in [0.29, 0.717) is 31.2 Å². The van der Waals surface area contributed by atoms with Gasteiger partial charge in [0.25, 0.3) is 0 Å². The molecule has 2 rings (SSSR count). The average molecular weight is 402 g/mol. The van der Waals surface area contributed by atoms with Crippen LogP contribution in [0.15, 0.2) is 40.9 Å². The van der Waals surface area contributed by atoms with Crippen LogP contribution in [0.2, 0.25) is 0 Å². The molecule has 0 aliphatic heterocycles. The summed E-state index contributed by atoms with van der Waals surface area (Å²) in [6, 6.07) is 9.79. The second kappa shape index (κ2) is 11.2. The molecule has 2 aromatic rings. The van der Waals surface area contributed by atoms with Gasteiger partial charge in [0.2, 0.25) is 5.91 Å². The van der Waals surface area contributed by atoms with Gasteiger partial charge in [-0.1, -0.05) is 44.2 Å². The number of carbonyl (C=O) groups excluding carboxylic acids is 1. The number of oxazole rings is 1. The first-order valence-electron chi connectivity index (χ1n) is 8.43. The Bertz CT molecular complexity index is 662. The fourth-order valence-electron chi connectivity index (χ4n) is 2.87. The van der Waals surface area contributed by atoms with Gasteiger partial charge in [0.1, 0.15) is 0 Å². The van der Waals surface area contributed by atoms with Crippen LogP contribution in [0, 0.1) is 5.92 Å². The van der Waals surface area contributed by atoms with E-state index < -0.39 is 0 Å². The van der Waals surface area contributed by atoms with Crippen LogP contribution in [0.4, 0.5) is 0 Å². The third-order valence-corrected chi connectivity index (χ3v) is 3.93. The van der Waals surface area contributed by atoms with Crippen LogP contribution >= 0.6 is 24.8 Å². The van der Waals surface area contributed by atoms with Crippen molar-refractivity contribution in [2.45, 2.75) is 45.6 Å². The monoisotopic (exact) mass is 401 g/mol. The van der Waals surface area contributed by atoms with Crippen LogP contribution < -0.4 is 11.1 Å². The van der Waals surface area contributed by atoms with Gasteiger partial charge in [-0.3, -0.25) is 4.79 Å². The molecule has 0 aliphatic carbocycles. The number of nitrogens with zero attached hydrogens (tertiary/aromatic N) is 1. The molecule has 1 unspecified atom stereocenters. The van der Waals surface area contributed by atoms with Gasteiger partial charge in [-0.2, -0.15) is 0 Å². The molecule has 1 amide bonds. The van der Waals surface area contributed by atoms with Gasteiger partial charge < -0.3 is 15.5 Å². The zero-order chi connectivity index (χ0) is 17.6. The molecule has 7 heteroatoms. The number of aryl methyl sites for hydroxylation is 1. The maximum Gasteiger partial charge on any atom is 0.220 e. The van der Waals surface area contributed by atoms with E-state index in [1.165, 1.54) is 0 Å². The van der Waals surface area contributed by atoms with Crippen molar-refractivity contribution < 1.29 is 9.21 Å². The van der Waals surface area contributed by atoms with E-state index in [1.807, 2.05) is 37.3 Å². The zero-order valence-corrected chi connectivity index (χ0v) is 17.2. The van der Waals surface area contributed by atoms with E-state index in [-0.39, 0.29) is 36.3 Å². The average Bonchev–Trinajstić information content (AvgIpc) is 3.02. The van der Waals surface area contributed by atoms with Crippen LogP contribution in [0.1, 0.15) is 39.5 Å². The quantitative estimate of drug-likeness (QED) is 0.700. The highest BCUT2D eigenvalue weighted by atomic mass is 35.5. The van der Waals surface area contributed by atoms with E-state index >= 15 is 0 Å². The van der Waals surface area contributed by atoms with Crippen molar-refractivity contribution in [2.75, 3.05) is 6.54 Å². The predicted octanol–water partition coefficient (Wildman–Crippen LogP) is 4.00. The van der Waals surface area contributed by atoms with Crippen molar-refractivity contribution in [2.24, 2.45) is 11.7 Å². The Morgan fingerprint density at radius 3 is 2.50 bits per heavy atom. The molecule has 1 aromatic carbocycles. The third kappa shape index (κ3) is 7.36. The summed E-state index contributed by atoms with van der Waals surface area (Å²) in [6.07, 6.45) is 3.36. The Morgan fingerprint density at radius 1 is 1.27 bits per heavy atom.